The van der Waals surface area contributed by atoms with Gasteiger partial charge in [0.05, 0.1) is 18.7 Å². The minimum Gasteiger partial charge on any atom is -0.494 e. The summed E-state index contributed by atoms with van der Waals surface area (Å²) in [7, 11) is 0. The predicted molar refractivity (Wildman–Crippen MR) is 107 cm³/mol. The number of hydrogen-bond acceptors (Lipinski definition) is 3. The standard InChI is InChI=1S/C21H19F6N3O2/c1-14(31)29-15-4-7-17(8-5-15)32-11-3-10-30(13-20(22,23)24)16-6-9-19(28-2)18(12-16)21(25,26)27/h4-9,12H,3,10-11,13H2,1H3,(H,29,31). The third-order valence-corrected chi connectivity index (χ3v) is 4.16. The maximum Gasteiger partial charge on any atom is 0.407 e. The molecule has 1 N–H and O–H groups in total. The molecule has 0 saturated heterocycles. The summed E-state index contributed by atoms with van der Waals surface area (Å²) in [4.78, 5) is 14.6. The summed E-state index contributed by atoms with van der Waals surface area (Å²) in [6.07, 6.45) is -9.42. The Morgan fingerprint density at radius 3 is 2.28 bits per heavy atom. The van der Waals surface area contributed by atoms with Crippen LogP contribution in [0.5, 0.6) is 5.75 Å². The number of ether oxygens (including phenoxy) is 1. The molecule has 0 spiro atoms. The number of alkyl halides is 6. The van der Waals surface area contributed by atoms with Gasteiger partial charge in [0.2, 0.25) is 5.91 Å². The van der Waals surface area contributed by atoms with Gasteiger partial charge in [-0.15, -0.1) is 0 Å². The largest absolute Gasteiger partial charge is 0.494 e. The molecule has 0 bridgehead atoms. The van der Waals surface area contributed by atoms with Crippen LogP contribution in [0.3, 0.4) is 0 Å². The average molecular weight is 459 g/mol. The van der Waals surface area contributed by atoms with Gasteiger partial charge < -0.3 is 15.0 Å². The Labute approximate surface area is 180 Å². The third kappa shape index (κ3) is 7.68. The Balaban J connectivity index is 2.07. The molecule has 2 aromatic carbocycles. The molecular weight excluding hydrogens is 440 g/mol. The Morgan fingerprint density at radius 2 is 1.75 bits per heavy atom. The maximum atomic E-state index is 13.2. The van der Waals surface area contributed by atoms with Crippen LogP contribution in [-0.4, -0.2) is 31.8 Å². The number of hydrogen-bond donors (Lipinski definition) is 1. The smallest absolute Gasteiger partial charge is 0.407 e. The average Bonchev–Trinajstić information content (AvgIpc) is 2.69. The van der Waals surface area contributed by atoms with E-state index in [1.165, 1.54) is 6.92 Å². The van der Waals surface area contributed by atoms with Crippen molar-refractivity contribution in [3.8, 4) is 5.75 Å². The predicted octanol–water partition coefficient (Wildman–Crippen LogP) is 6.05. The molecule has 0 aliphatic carbocycles. The Morgan fingerprint density at radius 1 is 1.09 bits per heavy atom. The van der Waals surface area contributed by atoms with Crippen molar-refractivity contribution in [2.75, 3.05) is 29.9 Å². The van der Waals surface area contributed by atoms with E-state index in [0.717, 1.165) is 17.0 Å². The Kier molecular flexibility index (Phi) is 7.97. The lowest BCUT2D eigenvalue weighted by atomic mass is 10.1. The number of nitrogens with zero attached hydrogens (tertiary/aromatic N) is 2. The van der Waals surface area contributed by atoms with Crippen LogP contribution >= 0.6 is 0 Å². The lowest BCUT2D eigenvalue weighted by molar-refractivity contribution is -0.136. The van der Waals surface area contributed by atoms with Crippen LogP contribution in [-0.2, 0) is 11.0 Å². The summed E-state index contributed by atoms with van der Waals surface area (Å²) in [6, 6.07) is 8.79. The first kappa shape index (κ1) is 24.8. The highest BCUT2D eigenvalue weighted by atomic mass is 19.4. The van der Waals surface area contributed by atoms with Gasteiger partial charge in [-0.2, -0.15) is 26.3 Å². The van der Waals surface area contributed by atoms with Crippen LogP contribution in [0.1, 0.15) is 18.9 Å². The van der Waals surface area contributed by atoms with E-state index in [9.17, 15) is 31.1 Å². The zero-order valence-electron chi connectivity index (χ0n) is 16.8. The van der Waals surface area contributed by atoms with E-state index in [1.54, 1.807) is 24.3 Å². The molecule has 0 aliphatic heterocycles. The van der Waals surface area contributed by atoms with E-state index in [0.29, 0.717) is 17.5 Å². The SMILES string of the molecule is [C-]#[N+]c1ccc(N(CCCOc2ccc(NC(C)=O)cc2)CC(F)(F)F)cc1C(F)(F)F. The molecule has 11 heteroatoms. The van der Waals surface area contributed by atoms with E-state index >= 15 is 0 Å². The van der Waals surface area contributed by atoms with Gasteiger partial charge in [0.15, 0.2) is 5.69 Å². The molecular formula is C21H19F6N3O2. The summed E-state index contributed by atoms with van der Waals surface area (Å²) in [5, 5.41) is 2.57. The minimum atomic E-state index is -4.87. The molecule has 1 amide bonds. The molecule has 0 radical (unpaired) electrons. The normalized spacial score (nSPS) is 11.6. The fourth-order valence-electron chi connectivity index (χ4n) is 2.84. The van der Waals surface area contributed by atoms with Crippen molar-refractivity contribution in [2.24, 2.45) is 0 Å². The number of rotatable bonds is 8. The maximum absolute atomic E-state index is 13.2. The van der Waals surface area contributed by atoms with Crippen molar-refractivity contribution in [1.29, 1.82) is 0 Å². The third-order valence-electron chi connectivity index (χ3n) is 4.16. The van der Waals surface area contributed by atoms with Gasteiger partial charge in [-0.05, 0) is 42.8 Å². The molecule has 0 fully saturated rings. The van der Waals surface area contributed by atoms with Gasteiger partial charge in [-0.25, -0.2) is 4.85 Å². The second-order valence-electron chi connectivity index (χ2n) is 6.76. The number of carbonyl (C=O) groups is 1. The highest BCUT2D eigenvalue weighted by Gasteiger charge is 2.35. The van der Waals surface area contributed by atoms with E-state index in [4.69, 9.17) is 11.3 Å². The first-order valence-electron chi connectivity index (χ1n) is 9.30. The Hall–Kier alpha value is -3.42. The zero-order valence-corrected chi connectivity index (χ0v) is 16.8. The van der Waals surface area contributed by atoms with Crippen molar-refractivity contribution in [3.63, 3.8) is 0 Å². The molecule has 0 saturated carbocycles. The van der Waals surface area contributed by atoms with E-state index in [1.807, 2.05) is 0 Å². The van der Waals surface area contributed by atoms with Gasteiger partial charge in [0.1, 0.15) is 12.3 Å². The lowest BCUT2D eigenvalue weighted by Gasteiger charge is -2.27. The fourth-order valence-corrected chi connectivity index (χ4v) is 2.84. The molecule has 5 nitrogen and oxygen atoms in total. The number of nitrogens with one attached hydrogen (secondary N) is 1. The summed E-state index contributed by atoms with van der Waals surface area (Å²) in [5.74, 6) is 0.170. The number of halogens is 6. The summed E-state index contributed by atoms with van der Waals surface area (Å²) in [5.41, 5.74) is -1.71. The molecule has 172 valence electrons. The number of amides is 1. The molecule has 32 heavy (non-hydrogen) atoms. The molecule has 2 aromatic rings. The highest BCUT2D eigenvalue weighted by molar-refractivity contribution is 5.88. The van der Waals surface area contributed by atoms with Crippen LogP contribution in [0.25, 0.3) is 4.85 Å². The molecule has 0 aliphatic rings. The van der Waals surface area contributed by atoms with Crippen LogP contribution < -0.4 is 15.0 Å². The quantitative estimate of drug-likeness (QED) is 0.297. The van der Waals surface area contributed by atoms with Gasteiger partial charge >= 0.3 is 12.4 Å². The lowest BCUT2D eigenvalue weighted by Crippen LogP contribution is -2.35. The number of benzene rings is 2. The summed E-state index contributed by atoms with van der Waals surface area (Å²) >= 11 is 0. The molecule has 0 unspecified atom stereocenters. The Bertz CT molecular complexity index is 965. The summed E-state index contributed by atoms with van der Waals surface area (Å²) in [6.45, 7) is 6.53. The number of carbonyl (C=O) groups excluding carboxylic acids is 1. The van der Waals surface area contributed by atoms with Crippen molar-refractivity contribution >= 4 is 23.0 Å². The van der Waals surface area contributed by atoms with Crippen molar-refractivity contribution in [2.45, 2.75) is 25.7 Å². The van der Waals surface area contributed by atoms with Crippen LogP contribution in [0.2, 0.25) is 0 Å². The zero-order chi connectivity index (χ0) is 23.9. The van der Waals surface area contributed by atoms with E-state index < -0.39 is 30.1 Å². The topological polar surface area (TPSA) is 45.9 Å². The van der Waals surface area contributed by atoms with Gasteiger partial charge in [0.25, 0.3) is 0 Å². The number of anilines is 2. The summed E-state index contributed by atoms with van der Waals surface area (Å²) < 4.78 is 84.0. The minimum absolute atomic E-state index is 0.0140. The van der Waals surface area contributed by atoms with Crippen LogP contribution in [0, 0.1) is 6.57 Å². The molecule has 0 heterocycles. The highest BCUT2D eigenvalue weighted by Crippen LogP contribution is 2.39. The van der Waals surface area contributed by atoms with Gasteiger partial charge in [-0.3, -0.25) is 4.79 Å². The fraction of sp³-hybridized carbons (Fsp3) is 0.333. The molecule has 0 atom stereocenters. The second kappa shape index (κ2) is 10.3. The van der Waals surface area contributed by atoms with Crippen molar-refractivity contribution < 1.29 is 35.9 Å². The molecule has 0 aromatic heterocycles. The van der Waals surface area contributed by atoms with Crippen LogP contribution in [0.4, 0.5) is 43.4 Å². The van der Waals surface area contributed by atoms with Crippen molar-refractivity contribution in [3.05, 3.63) is 59.4 Å². The van der Waals surface area contributed by atoms with Gasteiger partial charge in [0, 0.05) is 24.8 Å². The first-order valence-corrected chi connectivity index (χ1v) is 9.30. The first-order chi connectivity index (χ1) is 14.9. The van der Waals surface area contributed by atoms with Crippen molar-refractivity contribution in [1.82, 2.24) is 0 Å². The van der Waals surface area contributed by atoms with Crippen LogP contribution in [0.15, 0.2) is 42.5 Å². The second-order valence-corrected chi connectivity index (χ2v) is 6.76. The van der Waals surface area contributed by atoms with Gasteiger partial charge in [-0.1, -0.05) is 6.07 Å². The monoisotopic (exact) mass is 459 g/mol. The van der Waals surface area contributed by atoms with E-state index in [2.05, 4.69) is 10.2 Å². The van der Waals surface area contributed by atoms with E-state index in [-0.39, 0.29) is 31.2 Å². The molecule has 2 rings (SSSR count).